The summed E-state index contributed by atoms with van der Waals surface area (Å²) >= 11 is 11.8. The molecule has 1 aliphatic rings. The summed E-state index contributed by atoms with van der Waals surface area (Å²) in [7, 11) is 0. The minimum Gasteiger partial charge on any atom is -0.550 e. The minimum absolute atomic E-state index is 0.344. The smallest absolute Gasteiger partial charge is 0.228 e. The van der Waals surface area contributed by atoms with Crippen LogP contribution in [0.1, 0.15) is 25.7 Å². The van der Waals surface area contributed by atoms with Crippen LogP contribution in [-0.4, -0.2) is 11.9 Å². The second-order valence-electron chi connectivity index (χ2n) is 4.93. The Bertz CT molecular complexity index is 533. The van der Waals surface area contributed by atoms with Crippen LogP contribution in [0.2, 0.25) is 10.0 Å². The highest BCUT2D eigenvalue weighted by Gasteiger charge is 2.32. The number of nitrogens with one attached hydrogen (secondary N) is 1. The molecule has 0 saturated heterocycles. The van der Waals surface area contributed by atoms with Gasteiger partial charge < -0.3 is 15.2 Å². The molecule has 1 aromatic carbocycles. The van der Waals surface area contributed by atoms with Crippen LogP contribution in [0.25, 0.3) is 0 Å². The average molecular weight is 315 g/mol. The first-order valence-corrected chi connectivity index (χ1v) is 7.21. The van der Waals surface area contributed by atoms with Crippen molar-refractivity contribution in [3.05, 3.63) is 28.2 Å². The lowest BCUT2D eigenvalue weighted by atomic mass is 9.78. The molecule has 0 radical (unpaired) electrons. The number of halogens is 2. The van der Waals surface area contributed by atoms with Crippen molar-refractivity contribution in [1.82, 2.24) is 0 Å². The number of rotatable bonds is 3. The monoisotopic (exact) mass is 314 g/mol. The van der Waals surface area contributed by atoms with Gasteiger partial charge in [0.05, 0.1) is 10.7 Å². The molecule has 1 aliphatic carbocycles. The lowest BCUT2D eigenvalue weighted by Gasteiger charge is -2.31. The number of anilines is 1. The first-order chi connectivity index (χ1) is 9.49. The van der Waals surface area contributed by atoms with E-state index in [1.165, 1.54) is 0 Å². The Morgan fingerprint density at radius 2 is 1.80 bits per heavy atom. The predicted octanol–water partition coefficient (Wildman–Crippen LogP) is 2.49. The maximum Gasteiger partial charge on any atom is 0.228 e. The molecule has 2 rings (SSSR count). The van der Waals surface area contributed by atoms with Gasteiger partial charge in [0.1, 0.15) is 0 Å². The van der Waals surface area contributed by atoms with Crippen LogP contribution >= 0.6 is 23.2 Å². The Morgan fingerprint density at radius 3 is 2.45 bits per heavy atom. The Labute approximate surface area is 127 Å². The van der Waals surface area contributed by atoms with Gasteiger partial charge in [0.15, 0.2) is 0 Å². The first kappa shape index (κ1) is 15.1. The fraction of sp³-hybridized carbons (Fsp3) is 0.429. The molecular weight excluding hydrogens is 301 g/mol. The lowest BCUT2D eigenvalue weighted by molar-refractivity contribution is -0.313. The highest BCUT2D eigenvalue weighted by Crippen LogP contribution is 2.32. The van der Waals surface area contributed by atoms with Crippen LogP contribution < -0.4 is 10.4 Å². The average Bonchev–Trinajstić information content (AvgIpc) is 2.42. The number of hydrogen-bond donors (Lipinski definition) is 1. The van der Waals surface area contributed by atoms with Crippen molar-refractivity contribution in [2.45, 2.75) is 25.7 Å². The quantitative estimate of drug-likeness (QED) is 0.931. The molecule has 1 N–H and O–H groups in total. The van der Waals surface area contributed by atoms with E-state index in [4.69, 9.17) is 23.2 Å². The van der Waals surface area contributed by atoms with Crippen LogP contribution in [0.4, 0.5) is 5.69 Å². The molecule has 0 aromatic heterocycles. The Morgan fingerprint density at radius 1 is 1.15 bits per heavy atom. The molecule has 6 heteroatoms. The molecule has 0 bridgehead atoms. The number of aliphatic carboxylic acids is 1. The third-order valence-electron chi connectivity index (χ3n) is 3.59. The second-order valence-corrected chi connectivity index (χ2v) is 5.77. The number of hydrogen-bond acceptors (Lipinski definition) is 3. The molecule has 4 nitrogen and oxygen atoms in total. The standard InChI is InChI=1S/C14H15Cl2NO3/c15-8-5-6-11(16)12(7-8)17-13(18)9-3-1-2-4-10(9)14(19)20/h5-7,9-10H,1-4H2,(H,17,18)(H,19,20)/p-1/t9-,10-/m1/s1. The summed E-state index contributed by atoms with van der Waals surface area (Å²) in [5, 5.41) is 14.6. The van der Waals surface area contributed by atoms with Crippen LogP contribution in [0.5, 0.6) is 0 Å². The molecule has 0 aliphatic heterocycles. The van der Waals surface area contributed by atoms with Crippen LogP contribution in [0, 0.1) is 11.8 Å². The van der Waals surface area contributed by atoms with Gasteiger partial charge in [-0.05, 0) is 31.0 Å². The maximum absolute atomic E-state index is 12.2. The van der Waals surface area contributed by atoms with Gasteiger partial charge in [-0.3, -0.25) is 4.79 Å². The normalized spacial score (nSPS) is 22.3. The van der Waals surface area contributed by atoms with Gasteiger partial charge in [0.2, 0.25) is 5.91 Å². The van der Waals surface area contributed by atoms with Gasteiger partial charge in [-0.25, -0.2) is 0 Å². The maximum atomic E-state index is 12.2. The van der Waals surface area contributed by atoms with Crippen LogP contribution in [-0.2, 0) is 9.59 Å². The van der Waals surface area contributed by atoms with E-state index in [-0.39, 0.29) is 5.91 Å². The number of benzene rings is 1. The molecule has 1 amide bonds. The Balaban J connectivity index is 2.14. The summed E-state index contributed by atoms with van der Waals surface area (Å²) < 4.78 is 0. The summed E-state index contributed by atoms with van der Waals surface area (Å²) in [6, 6.07) is 4.74. The van der Waals surface area contributed by atoms with Crippen molar-refractivity contribution < 1.29 is 14.7 Å². The number of carboxylic acids is 1. The van der Waals surface area contributed by atoms with Crippen molar-refractivity contribution >= 4 is 40.8 Å². The lowest BCUT2D eigenvalue weighted by Crippen LogP contribution is -2.42. The van der Waals surface area contributed by atoms with E-state index < -0.39 is 17.8 Å². The molecule has 0 heterocycles. The van der Waals surface area contributed by atoms with Crippen LogP contribution in [0.15, 0.2) is 18.2 Å². The molecular formula is C14H14Cl2NO3-. The number of carbonyl (C=O) groups is 2. The van der Waals surface area contributed by atoms with Crippen molar-refractivity contribution in [1.29, 1.82) is 0 Å². The molecule has 0 spiro atoms. The Kier molecular flexibility index (Phi) is 4.89. The second kappa shape index (κ2) is 6.46. The van der Waals surface area contributed by atoms with Crippen molar-refractivity contribution in [2.75, 3.05) is 5.32 Å². The molecule has 108 valence electrons. The number of carbonyl (C=O) groups excluding carboxylic acids is 2. The minimum atomic E-state index is -1.16. The third kappa shape index (κ3) is 3.44. The van der Waals surface area contributed by atoms with E-state index in [2.05, 4.69) is 5.32 Å². The highest BCUT2D eigenvalue weighted by atomic mass is 35.5. The van der Waals surface area contributed by atoms with Gasteiger partial charge in [0, 0.05) is 22.8 Å². The van der Waals surface area contributed by atoms with Gasteiger partial charge in [-0.2, -0.15) is 0 Å². The van der Waals surface area contributed by atoms with E-state index in [9.17, 15) is 14.7 Å². The zero-order chi connectivity index (χ0) is 14.7. The fourth-order valence-electron chi connectivity index (χ4n) is 2.55. The van der Waals surface area contributed by atoms with E-state index in [1.54, 1.807) is 18.2 Å². The van der Waals surface area contributed by atoms with Crippen molar-refractivity contribution in [3.63, 3.8) is 0 Å². The first-order valence-electron chi connectivity index (χ1n) is 6.46. The van der Waals surface area contributed by atoms with E-state index in [0.717, 1.165) is 12.8 Å². The van der Waals surface area contributed by atoms with E-state index in [1.807, 2.05) is 0 Å². The molecule has 1 fully saturated rings. The number of carboxylic acid groups (broad SMARTS) is 1. The summed E-state index contributed by atoms with van der Waals surface area (Å²) in [6.45, 7) is 0. The molecule has 20 heavy (non-hydrogen) atoms. The zero-order valence-electron chi connectivity index (χ0n) is 10.7. The van der Waals surface area contributed by atoms with Crippen molar-refractivity contribution in [3.8, 4) is 0 Å². The number of amides is 1. The molecule has 1 saturated carbocycles. The third-order valence-corrected chi connectivity index (χ3v) is 4.16. The zero-order valence-corrected chi connectivity index (χ0v) is 12.2. The van der Waals surface area contributed by atoms with Gasteiger partial charge in [-0.1, -0.05) is 36.0 Å². The van der Waals surface area contributed by atoms with E-state index in [0.29, 0.717) is 28.6 Å². The summed E-state index contributed by atoms with van der Waals surface area (Å²) in [5.41, 5.74) is 0.395. The summed E-state index contributed by atoms with van der Waals surface area (Å²) in [5.74, 6) is -2.82. The predicted molar refractivity (Wildman–Crippen MR) is 75.5 cm³/mol. The van der Waals surface area contributed by atoms with Gasteiger partial charge in [0.25, 0.3) is 0 Å². The molecule has 2 atom stereocenters. The van der Waals surface area contributed by atoms with E-state index >= 15 is 0 Å². The Hall–Kier alpha value is -1.26. The molecule has 0 unspecified atom stereocenters. The molecule has 1 aromatic rings. The van der Waals surface area contributed by atoms with Crippen LogP contribution in [0.3, 0.4) is 0 Å². The van der Waals surface area contributed by atoms with Gasteiger partial charge in [-0.15, -0.1) is 0 Å². The topological polar surface area (TPSA) is 69.2 Å². The highest BCUT2D eigenvalue weighted by molar-refractivity contribution is 6.35. The fourth-order valence-corrected chi connectivity index (χ4v) is 2.88. The SMILES string of the molecule is O=C([O-])[C@@H]1CCCC[C@H]1C(=O)Nc1cc(Cl)ccc1Cl. The van der Waals surface area contributed by atoms with Crippen molar-refractivity contribution in [2.24, 2.45) is 11.8 Å². The largest absolute Gasteiger partial charge is 0.550 e. The summed E-state index contributed by atoms with van der Waals surface area (Å²) in [4.78, 5) is 23.3. The van der Waals surface area contributed by atoms with Gasteiger partial charge >= 0.3 is 0 Å². The summed E-state index contributed by atoms with van der Waals surface area (Å²) in [6.07, 6.45) is 2.66.